The molecule has 1 aliphatic heterocycles. The SMILES string of the molecule is CCCc1nc2c(C(=O)NCCO)cccc2n1Cc1ccc2c(c1)COc1ccccc1C2=C(C)C#N. The number of rotatable bonds is 7. The van der Waals surface area contributed by atoms with Crippen LogP contribution in [0.25, 0.3) is 16.6 Å². The first-order chi connectivity index (χ1) is 18.5. The van der Waals surface area contributed by atoms with E-state index in [0.717, 1.165) is 57.8 Å². The van der Waals surface area contributed by atoms with Crippen LogP contribution < -0.4 is 10.1 Å². The van der Waals surface area contributed by atoms with Crippen LogP contribution in [-0.2, 0) is 19.6 Å². The lowest BCUT2D eigenvalue weighted by atomic mass is 9.90. The van der Waals surface area contributed by atoms with E-state index in [0.29, 0.717) is 29.8 Å². The molecule has 1 amide bonds. The number of ether oxygens (including phenoxy) is 1. The molecule has 0 atom stereocenters. The van der Waals surface area contributed by atoms with Crippen molar-refractivity contribution in [2.45, 2.75) is 39.8 Å². The number of fused-ring (bicyclic) bond motifs is 3. The Morgan fingerprint density at radius 3 is 2.79 bits per heavy atom. The summed E-state index contributed by atoms with van der Waals surface area (Å²) in [5, 5.41) is 21.6. The van der Waals surface area contributed by atoms with Gasteiger partial charge in [0.2, 0.25) is 0 Å². The van der Waals surface area contributed by atoms with Crippen LogP contribution in [0.2, 0.25) is 0 Å². The highest BCUT2D eigenvalue weighted by molar-refractivity contribution is 6.05. The van der Waals surface area contributed by atoms with Gasteiger partial charge in [-0.15, -0.1) is 0 Å². The lowest BCUT2D eigenvalue weighted by Crippen LogP contribution is -2.26. The molecule has 1 aliphatic rings. The summed E-state index contributed by atoms with van der Waals surface area (Å²) < 4.78 is 8.35. The summed E-state index contributed by atoms with van der Waals surface area (Å²) in [5.74, 6) is 1.45. The van der Waals surface area contributed by atoms with Gasteiger partial charge >= 0.3 is 0 Å². The van der Waals surface area contributed by atoms with E-state index in [4.69, 9.17) is 14.8 Å². The van der Waals surface area contributed by atoms with Gasteiger partial charge in [-0.25, -0.2) is 4.98 Å². The van der Waals surface area contributed by atoms with Crippen LogP contribution in [-0.4, -0.2) is 33.7 Å². The van der Waals surface area contributed by atoms with E-state index in [1.807, 2.05) is 43.3 Å². The Kier molecular flexibility index (Phi) is 7.25. The summed E-state index contributed by atoms with van der Waals surface area (Å²) in [6, 6.07) is 22.1. The van der Waals surface area contributed by atoms with E-state index < -0.39 is 0 Å². The topological polar surface area (TPSA) is 100 Å². The molecular weight excluding hydrogens is 476 g/mol. The molecule has 1 aromatic heterocycles. The normalized spacial score (nSPS) is 13.6. The number of aryl methyl sites for hydroxylation is 1. The van der Waals surface area contributed by atoms with E-state index >= 15 is 0 Å². The molecule has 3 aromatic carbocycles. The fourth-order valence-electron chi connectivity index (χ4n) is 5.08. The molecule has 0 unspecified atom stereocenters. The Hall–Kier alpha value is -4.41. The van der Waals surface area contributed by atoms with Crippen molar-refractivity contribution in [2.75, 3.05) is 13.2 Å². The monoisotopic (exact) mass is 506 g/mol. The molecule has 0 saturated heterocycles. The Morgan fingerprint density at radius 1 is 1.16 bits per heavy atom. The van der Waals surface area contributed by atoms with Crippen LogP contribution in [0.15, 0.2) is 66.2 Å². The van der Waals surface area contributed by atoms with E-state index in [2.05, 4.69) is 41.1 Å². The highest BCUT2D eigenvalue weighted by Gasteiger charge is 2.22. The molecule has 5 rings (SSSR count). The minimum atomic E-state index is -0.244. The molecule has 0 saturated carbocycles. The quantitative estimate of drug-likeness (QED) is 0.344. The van der Waals surface area contributed by atoms with Crippen LogP contribution in [0.5, 0.6) is 5.75 Å². The Bertz CT molecular complexity index is 1590. The van der Waals surface area contributed by atoms with Crippen LogP contribution in [0, 0.1) is 11.3 Å². The number of para-hydroxylation sites is 2. The van der Waals surface area contributed by atoms with Crippen molar-refractivity contribution in [1.82, 2.24) is 14.9 Å². The van der Waals surface area contributed by atoms with Gasteiger partial charge in [0.15, 0.2) is 0 Å². The number of nitriles is 1. The van der Waals surface area contributed by atoms with E-state index in [-0.39, 0.29) is 19.1 Å². The van der Waals surface area contributed by atoms with Crippen LogP contribution in [0.1, 0.15) is 58.7 Å². The van der Waals surface area contributed by atoms with Gasteiger partial charge in [0.05, 0.1) is 23.8 Å². The van der Waals surface area contributed by atoms with Gasteiger partial charge in [0, 0.05) is 36.2 Å². The van der Waals surface area contributed by atoms with Gasteiger partial charge in [-0.05, 0) is 54.3 Å². The largest absolute Gasteiger partial charge is 0.488 e. The number of hydrogen-bond acceptors (Lipinski definition) is 5. The van der Waals surface area contributed by atoms with E-state index in [9.17, 15) is 10.1 Å². The fraction of sp³-hybridized carbons (Fsp3) is 0.258. The van der Waals surface area contributed by atoms with E-state index in [1.165, 1.54) is 0 Å². The van der Waals surface area contributed by atoms with E-state index in [1.54, 1.807) is 6.07 Å². The highest BCUT2D eigenvalue weighted by Crippen LogP contribution is 2.39. The van der Waals surface area contributed by atoms with Crippen molar-refractivity contribution in [1.29, 1.82) is 5.26 Å². The summed E-state index contributed by atoms with van der Waals surface area (Å²) in [6.07, 6.45) is 1.71. The third-order valence-corrected chi connectivity index (χ3v) is 6.84. The number of amides is 1. The van der Waals surface area contributed by atoms with Crippen LogP contribution in [0.3, 0.4) is 0 Å². The first-order valence-electron chi connectivity index (χ1n) is 12.9. The number of imidazole rings is 1. The summed E-state index contributed by atoms with van der Waals surface area (Å²) in [4.78, 5) is 17.6. The number of nitrogens with one attached hydrogen (secondary N) is 1. The van der Waals surface area contributed by atoms with Gasteiger partial charge in [-0.1, -0.05) is 43.3 Å². The number of carbonyl (C=O) groups is 1. The number of benzene rings is 3. The predicted octanol–water partition coefficient (Wildman–Crippen LogP) is 5.00. The molecule has 0 aliphatic carbocycles. The summed E-state index contributed by atoms with van der Waals surface area (Å²) in [7, 11) is 0. The first-order valence-corrected chi connectivity index (χ1v) is 12.9. The van der Waals surface area contributed by atoms with Crippen molar-refractivity contribution in [3.05, 3.63) is 99.9 Å². The summed E-state index contributed by atoms with van der Waals surface area (Å²) in [5.41, 5.74) is 7.64. The van der Waals surface area contributed by atoms with Crippen LogP contribution >= 0.6 is 0 Å². The Balaban J connectivity index is 1.57. The maximum atomic E-state index is 12.7. The Morgan fingerprint density at radius 2 is 2.00 bits per heavy atom. The summed E-state index contributed by atoms with van der Waals surface area (Å²) in [6.45, 7) is 5.03. The number of aliphatic hydroxyl groups is 1. The van der Waals surface area contributed by atoms with Crippen molar-refractivity contribution >= 4 is 22.5 Å². The van der Waals surface area contributed by atoms with Gasteiger partial charge in [0.25, 0.3) is 5.91 Å². The molecule has 0 fully saturated rings. The smallest absolute Gasteiger partial charge is 0.253 e. The zero-order chi connectivity index (χ0) is 26.6. The van der Waals surface area contributed by atoms with Crippen molar-refractivity contribution in [2.24, 2.45) is 0 Å². The standard InChI is InChI=1S/C31H30N4O3/c1-3-7-28-34-30-25(31(37)33-14-15-36)9-6-10-26(30)35(28)18-21-12-13-23-22(16-21)19-38-27-11-5-4-8-24(27)29(23)20(2)17-32/h4-6,8-13,16,36H,3,7,14-15,18-19H2,1-2H3,(H,33,37). The number of aromatic nitrogens is 2. The number of carbonyl (C=O) groups excluding carboxylic acids is 1. The predicted molar refractivity (Wildman–Crippen MR) is 147 cm³/mol. The molecule has 38 heavy (non-hydrogen) atoms. The van der Waals surface area contributed by atoms with Gasteiger partial charge in [-0.3, -0.25) is 4.79 Å². The van der Waals surface area contributed by atoms with Gasteiger partial charge < -0.3 is 19.7 Å². The van der Waals surface area contributed by atoms with Gasteiger partial charge in [0.1, 0.15) is 23.7 Å². The zero-order valence-corrected chi connectivity index (χ0v) is 21.6. The molecule has 4 aromatic rings. The minimum Gasteiger partial charge on any atom is -0.488 e. The molecule has 0 spiro atoms. The molecule has 2 heterocycles. The molecule has 0 radical (unpaired) electrons. The molecule has 7 nitrogen and oxygen atoms in total. The van der Waals surface area contributed by atoms with Crippen molar-refractivity contribution < 1.29 is 14.6 Å². The number of allylic oxidation sites excluding steroid dienone is 1. The Labute approximate surface area is 222 Å². The summed E-state index contributed by atoms with van der Waals surface area (Å²) >= 11 is 0. The molecule has 192 valence electrons. The van der Waals surface area contributed by atoms with Crippen molar-refractivity contribution in [3.63, 3.8) is 0 Å². The fourth-order valence-corrected chi connectivity index (χ4v) is 5.08. The average molecular weight is 507 g/mol. The second kappa shape index (κ2) is 10.9. The van der Waals surface area contributed by atoms with Crippen LogP contribution in [0.4, 0.5) is 0 Å². The van der Waals surface area contributed by atoms with Crippen molar-refractivity contribution in [3.8, 4) is 11.8 Å². The molecule has 2 N–H and O–H groups in total. The highest BCUT2D eigenvalue weighted by atomic mass is 16.5. The molecular formula is C31H30N4O3. The maximum Gasteiger partial charge on any atom is 0.253 e. The zero-order valence-electron chi connectivity index (χ0n) is 21.6. The second-order valence-electron chi connectivity index (χ2n) is 9.41. The maximum absolute atomic E-state index is 12.7. The lowest BCUT2D eigenvalue weighted by molar-refractivity contribution is 0.0946. The number of hydrogen-bond donors (Lipinski definition) is 2. The minimum absolute atomic E-state index is 0.116. The molecule has 0 bridgehead atoms. The third-order valence-electron chi connectivity index (χ3n) is 6.84. The first kappa shape index (κ1) is 25.2. The number of nitrogens with zero attached hydrogens (tertiary/aromatic N) is 3. The second-order valence-corrected chi connectivity index (χ2v) is 9.41. The number of aliphatic hydroxyl groups excluding tert-OH is 1. The third kappa shape index (κ3) is 4.67. The van der Waals surface area contributed by atoms with Gasteiger partial charge in [-0.2, -0.15) is 5.26 Å². The molecule has 7 heteroatoms. The lowest BCUT2D eigenvalue weighted by Gasteiger charge is -2.14. The average Bonchev–Trinajstić information content (AvgIpc) is 3.19.